The van der Waals surface area contributed by atoms with Crippen LogP contribution < -0.4 is 14.2 Å². The minimum absolute atomic E-state index is 0.149. The van der Waals surface area contributed by atoms with Crippen molar-refractivity contribution in [2.75, 3.05) is 31.7 Å². The maximum absolute atomic E-state index is 14.2. The van der Waals surface area contributed by atoms with Crippen LogP contribution in [0.3, 0.4) is 0 Å². The third kappa shape index (κ3) is 4.23. The molecule has 1 N–H and O–H groups in total. The second-order valence-electron chi connectivity index (χ2n) is 6.68. The van der Waals surface area contributed by atoms with Crippen LogP contribution in [0.25, 0.3) is 5.52 Å². The average Bonchev–Trinajstić information content (AvgIpc) is 3.10. The molecular weight excluding hydrogens is 441 g/mol. The van der Waals surface area contributed by atoms with Gasteiger partial charge in [-0.25, -0.2) is 26.1 Å². The summed E-state index contributed by atoms with van der Waals surface area (Å²) in [6.07, 6.45) is 0.0476. The first-order chi connectivity index (χ1) is 14.8. The van der Waals surface area contributed by atoms with Crippen LogP contribution in [-0.2, 0) is 14.8 Å². The molecule has 1 aliphatic heterocycles. The standard InChI is InChI=1S/C18H17F3N4O5S/c1-28-18-13(4-12(19)17(23-18)30-9-16(20)21)24-31(26,27)15-5-22-25-6-10(2-3-14(15)25)11-7-29-8-11/h2-6,11,16,24H,7-9H2,1H3. The first-order valence-corrected chi connectivity index (χ1v) is 10.5. The van der Waals surface area contributed by atoms with Crippen molar-refractivity contribution in [1.82, 2.24) is 14.6 Å². The number of aromatic nitrogens is 3. The Labute approximate surface area is 174 Å². The summed E-state index contributed by atoms with van der Waals surface area (Å²) in [5.74, 6) is -1.98. The number of alkyl halides is 2. The minimum Gasteiger partial charge on any atom is -0.479 e. The van der Waals surface area contributed by atoms with Crippen molar-refractivity contribution < 1.29 is 35.8 Å². The average molecular weight is 458 g/mol. The molecule has 0 aromatic carbocycles. The SMILES string of the molecule is COc1nc(OCC(F)F)c(F)cc1NS(=O)(=O)c1cnn2cc(C3COC3)ccc12. The van der Waals surface area contributed by atoms with Crippen LogP contribution in [0, 0.1) is 5.82 Å². The predicted octanol–water partition coefficient (Wildman–Crippen LogP) is 2.44. The fraction of sp³-hybridized carbons (Fsp3) is 0.333. The Balaban J connectivity index is 1.63. The van der Waals surface area contributed by atoms with Gasteiger partial charge in [-0.05, 0) is 11.6 Å². The number of ether oxygens (including phenoxy) is 3. The first-order valence-electron chi connectivity index (χ1n) is 9.02. The van der Waals surface area contributed by atoms with Crippen LogP contribution in [-0.4, -0.2) is 56.4 Å². The highest BCUT2D eigenvalue weighted by Crippen LogP contribution is 2.31. The molecule has 0 aliphatic carbocycles. The van der Waals surface area contributed by atoms with E-state index >= 15 is 0 Å². The number of sulfonamides is 1. The number of methoxy groups -OCH3 is 1. The minimum atomic E-state index is -4.21. The third-order valence-electron chi connectivity index (χ3n) is 4.60. The smallest absolute Gasteiger partial charge is 0.272 e. The molecule has 0 atom stereocenters. The molecule has 1 fully saturated rings. The molecule has 166 valence electrons. The number of hydrogen-bond donors (Lipinski definition) is 1. The zero-order chi connectivity index (χ0) is 22.2. The van der Waals surface area contributed by atoms with Crippen molar-refractivity contribution in [2.24, 2.45) is 0 Å². The predicted molar refractivity (Wildman–Crippen MR) is 102 cm³/mol. The van der Waals surface area contributed by atoms with E-state index in [2.05, 4.69) is 19.5 Å². The molecule has 0 bridgehead atoms. The van der Waals surface area contributed by atoms with Crippen LogP contribution in [0.4, 0.5) is 18.9 Å². The summed E-state index contributed by atoms with van der Waals surface area (Å²) >= 11 is 0. The molecule has 0 amide bonds. The molecule has 31 heavy (non-hydrogen) atoms. The van der Waals surface area contributed by atoms with E-state index in [-0.39, 0.29) is 22.4 Å². The number of halogens is 3. The van der Waals surface area contributed by atoms with Crippen LogP contribution in [0.1, 0.15) is 11.5 Å². The topological polar surface area (TPSA) is 104 Å². The Morgan fingerprint density at radius 2 is 2.10 bits per heavy atom. The fourth-order valence-electron chi connectivity index (χ4n) is 2.98. The van der Waals surface area contributed by atoms with Crippen molar-refractivity contribution >= 4 is 21.2 Å². The molecule has 4 heterocycles. The second kappa shape index (κ2) is 8.23. The zero-order valence-corrected chi connectivity index (χ0v) is 16.9. The Morgan fingerprint density at radius 3 is 2.74 bits per heavy atom. The lowest BCUT2D eigenvalue weighted by Gasteiger charge is -2.26. The summed E-state index contributed by atoms with van der Waals surface area (Å²) in [4.78, 5) is 3.48. The zero-order valence-electron chi connectivity index (χ0n) is 16.1. The molecule has 0 radical (unpaired) electrons. The van der Waals surface area contributed by atoms with Crippen LogP contribution in [0.5, 0.6) is 11.8 Å². The number of fused-ring (bicyclic) bond motifs is 1. The summed E-state index contributed by atoms with van der Waals surface area (Å²) in [6.45, 7) is 0.110. The van der Waals surface area contributed by atoms with Gasteiger partial charge < -0.3 is 14.2 Å². The normalized spacial score (nSPS) is 14.6. The number of nitrogens with zero attached hydrogens (tertiary/aromatic N) is 3. The third-order valence-corrected chi connectivity index (χ3v) is 5.98. The van der Waals surface area contributed by atoms with E-state index in [0.29, 0.717) is 18.7 Å². The molecule has 4 rings (SSSR count). The Bertz CT molecular complexity index is 1210. The van der Waals surface area contributed by atoms with Gasteiger partial charge in [-0.1, -0.05) is 6.07 Å². The number of anilines is 1. The summed E-state index contributed by atoms with van der Waals surface area (Å²) < 4.78 is 83.0. The van der Waals surface area contributed by atoms with Crippen LogP contribution >= 0.6 is 0 Å². The quantitative estimate of drug-likeness (QED) is 0.553. The van der Waals surface area contributed by atoms with E-state index in [1.807, 2.05) is 0 Å². The highest BCUT2D eigenvalue weighted by atomic mass is 32.2. The lowest BCUT2D eigenvalue weighted by atomic mass is 10.00. The molecule has 3 aromatic heterocycles. The summed E-state index contributed by atoms with van der Waals surface area (Å²) in [7, 11) is -3.05. The number of pyridine rings is 2. The van der Waals surface area contributed by atoms with Crippen molar-refractivity contribution in [3.63, 3.8) is 0 Å². The van der Waals surface area contributed by atoms with Gasteiger partial charge in [0.1, 0.15) is 10.6 Å². The Morgan fingerprint density at radius 1 is 1.32 bits per heavy atom. The highest BCUT2D eigenvalue weighted by molar-refractivity contribution is 7.93. The molecule has 0 unspecified atom stereocenters. The number of nitrogens with one attached hydrogen (secondary N) is 1. The molecule has 1 aliphatic rings. The van der Waals surface area contributed by atoms with Gasteiger partial charge in [0, 0.05) is 18.2 Å². The second-order valence-corrected chi connectivity index (χ2v) is 8.33. The molecule has 9 nitrogen and oxygen atoms in total. The van der Waals surface area contributed by atoms with E-state index < -0.39 is 34.8 Å². The lowest BCUT2D eigenvalue weighted by Crippen LogP contribution is -2.25. The van der Waals surface area contributed by atoms with Crippen LogP contribution in [0.15, 0.2) is 35.5 Å². The lowest BCUT2D eigenvalue weighted by molar-refractivity contribution is 0.00824. The molecule has 1 saturated heterocycles. The van der Waals surface area contributed by atoms with E-state index in [1.165, 1.54) is 4.52 Å². The van der Waals surface area contributed by atoms with Crippen molar-refractivity contribution in [1.29, 1.82) is 0 Å². The van der Waals surface area contributed by atoms with E-state index in [9.17, 15) is 21.6 Å². The number of hydrogen-bond acceptors (Lipinski definition) is 7. The number of rotatable bonds is 8. The van der Waals surface area contributed by atoms with Gasteiger partial charge in [0.15, 0.2) is 12.4 Å². The summed E-state index contributed by atoms with van der Waals surface area (Å²) in [6, 6.07) is 4.15. The van der Waals surface area contributed by atoms with Crippen molar-refractivity contribution in [3.8, 4) is 11.8 Å². The summed E-state index contributed by atoms with van der Waals surface area (Å²) in [5, 5.41) is 4.09. The fourth-order valence-corrected chi connectivity index (χ4v) is 4.15. The van der Waals surface area contributed by atoms with Gasteiger partial charge in [0.25, 0.3) is 22.3 Å². The highest BCUT2D eigenvalue weighted by Gasteiger charge is 2.26. The maximum atomic E-state index is 14.2. The monoisotopic (exact) mass is 458 g/mol. The Kier molecular flexibility index (Phi) is 5.62. The van der Waals surface area contributed by atoms with Gasteiger partial charge in [-0.15, -0.1) is 0 Å². The van der Waals surface area contributed by atoms with Crippen LogP contribution in [0.2, 0.25) is 0 Å². The van der Waals surface area contributed by atoms with E-state index in [0.717, 1.165) is 24.9 Å². The van der Waals surface area contributed by atoms with E-state index in [4.69, 9.17) is 9.47 Å². The van der Waals surface area contributed by atoms with Crippen molar-refractivity contribution in [2.45, 2.75) is 17.2 Å². The van der Waals surface area contributed by atoms with Gasteiger partial charge in [0.2, 0.25) is 5.88 Å². The summed E-state index contributed by atoms with van der Waals surface area (Å²) in [5.41, 5.74) is 0.943. The maximum Gasteiger partial charge on any atom is 0.272 e. The molecule has 0 spiro atoms. The molecule has 0 saturated carbocycles. The first kappa shape index (κ1) is 21.2. The van der Waals surface area contributed by atoms with E-state index in [1.54, 1.807) is 18.3 Å². The molecular formula is C18H17F3N4O5S. The van der Waals surface area contributed by atoms with Gasteiger partial charge in [-0.3, -0.25) is 4.72 Å². The van der Waals surface area contributed by atoms with Crippen molar-refractivity contribution in [3.05, 3.63) is 42.0 Å². The largest absolute Gasteiger partial charge is 0.479 e. The van der Waals surface area contributed by atoms with Gasteiger partial charge >= 0.3 is 0 Å². The van der Waals surface area contributed by atoms with Gasteiger partial charge in [-0.2, -0.15) is 10.1 Å². The van der Waals surface area contributed by atoms with Gasteiger partial charge in [0.05, 0.1) is 32.0 Å². The Hall–Kier alpha value is -3.06. The molecule has 3 aromatic rings. The molecule has 13 heteroatoms.